The van der Waals surface area contributed by atoms with Crippen LogP contribution in [0.15, 0.2) is 32.5 Å². The quantitative estimate of drug-likeness (QED) is 0.282. The topological polar surface area (TPSA) is 60.4 Å². The number of thioether (sulfide) groups is 2. The van der Waals surface area contributed by atoms with Gasteiger partial charge in [-0.2, -0.15) is 0 Å². The van der Waals surface area contributed by atoms with Gasteiger partial charge in [-0.1, -0.05) is 58.9 Å². The van der Waals surface area contributed by atoms with E-state index >= 15 is 0 Å². The number of halogens is 2. The average molecular weight is 512 g/mol. The van der Waals surface area contributed by atoms with E-state index in [0.717, 1.165) is 61.0 Å². The van der Waals surface area contributed by atoms with Gasteiger partial charge in [-0.05, 0) is 45.1 Å². The SMILES string of the molecule is C/C(Cl)=C/CSc1nnc2c3c4c(sc3n3c(SC/C=C(/C)Cl)nnc3n12)CCCC4. The number of fused-ring (bicyclic) bond motifs is 8. The molecular weight excluding hydrogens is 491 g/mol. The number of aromatic nitrogens is 6. The summed E-state index contributed by atoms with van der Waals surface area (Å²) in [4.78, 5) is 2.61. The number of hydrogen-bond donors (Lipinski definition) is 0. The first kappa shape index (κ1) is 21.6. The largest absolute Gasteiger partial charge is 0.245 e. The molecule has 0 bridgehead atoms. The molecule has 5 rings (SSSR count). The van der Waals surface area contributed by atoms with E-state index in [2.05, 4.69) is 24.8 Å². The highest BCUT2D eigenvalue weighted by atomic mass is 35.5. The summed E-state index contributed by atoms with van der Waals surface area (Å²) in [5.74, 6) is 2.20. The molecule has 0 unspecified atom stereocenters. The molecule has 31 heavy (non-hydrogen) atoms. The van der Waals surface area contributed by atoms with Crippen LogP contribution in [0, 0.1) is 0 Å². The monoisotopic (exact) mass is 510 g/mol. The third-order valence-corrected chi connectivity index (χ3v) is 8.48. The van der Waals surface area contributed by atoms with Crippen LogP contribution in [-0.4, -0.2) is 40.7 Å². The molecule has 0 N–H and O–H groups in total. The molecule has 0 radical (unpaired) electrons. The summed E-state index contributed by atoms with van der Waals surface area (Å²) in [6.45, 7) is 3.76. The molecule has 11 heteroatoms. The molecule has 0 aliphatic heterocycles. The molecule has 0 fully saturated rings. The van der Waals surface area contributed by atoms with E-state index in [1.54, 1.807) is 23.5 Å². The second kappa shape index (κ2) is 8.94. The van der Waals surface area contributed by atoms with Crippen LogP contribution >= 0.6 is 58.1 Å². The first-order valence-electron chi connectivity index (χ1n) is 10.0. The molecule has 1 aliphatic rings. The van der Waals surface area contributed by atoms with Crippen molar-refractivity contribution in [1.82, 2.24) is 29.2 Å². The normalized spacial score (nSPS) is 15.5. The molecular formula is C20H20Cl2N6S3. The van der Waals surface area contributed by atoms with Crippen LogP contribution < -0.4 is 0 Å². The van der Waals surface area contributed by atoms with Gasteiger partial charge in [0, 0.05) is 26.4 Å². The van der Waals surface area contributed by atoms with Crippen LogP contribution in [0.25, 0.3) is 21.6 Å². The van der Waals surface area contributed by atoms with Crippen molar-refractivity contribution in [2.24, 2.45) is 0 Å². The lowest BCUT2D eigenvalue weighted by atomic mass is 9.97. The fourth-order valence-electron chi connectivity index (χ4n) is 3.79. The number of thiophene rings is 1. The van der Waals surface area contributed by atoms with Gasteiger partial charge < -0.3 is 0 Å². The van der Waals surface area contributed by atoms with Crippen molar-refractivity contribution in [3.63, 3.8) is 0 Å². The molecule has 6 nitrogen and oxygen atoms in total. The maximum Gasteiger partial charge on any atom is 0.245 e. The third kappa shape index (κ3) is 3.99. The van der Waals surface area contributed by atoms with E-state index in [-0.39, 0.29) is 0 Å². The number of hydrogen-bond acceptors (Lipinski definition) is 7. The van der Waals surface area contributed by atoms with Gasteiger partial charge in [0.25, 0.3) is 0 Å². The molecule has 0 spiro atoms. The van der Waals surface area contributed by atoms with Crippen molar-refractivity contribution in [2.75, 3.05) is 11.5 Å². The highest BCUT2D eigenvalue weighted by Crippen LogP contribution is 2.40. The molecule has 162 valence electrons. The molecule has 4 aromatic rings. The Morgan fingerprint density at radius 3 is 2.29 bits per heavy atom. The number of rotatable bonds is 6. The highest BCUT2D eigenvalue weighted by Gasteiger charge is 2.26. The van der Waals surface area contributed by atoms with E-state index in [1.165, 1.54) is 28.7 Å². The Balaban J connectivity index is 1.75. The Bertz CT molecular complexity index is 1340. The summed E-state index contributed by atoms with van der Waals surface area (Å²) in [6.07, 6.45) is 8.61. The van der Waals surface area contributed by atoms with Crippen LogP contribution in [-0.2, 0) is 12.8 Å². The summed E-state index contributed by atoms with van der Waals surface area (Å²) in [5.41, 5.74) is 2.29. The van der Waals surface area contributed by atoms with Crippen LogP contribution in [0.3, 0.4) is 0 Å². The minimum absolute atomic E-state index is 0.720. The van der Waals surface area contributed by atoms with E-state index < -0.39 is 0 Å². The fraction of sp³-hybridized carbons (Fsp3) is 0.400. The molecule has 0 atom stereocenters. The Morgan fingerprint density at radius 2 is 1.58 bits per heavy atom. The van der Waals surface area contributed by atoms with Gasteiger partial charge >= 0.3 is 0 Å². The Labute approximate surface area is 202 Å². The lowest BCUT2D eigenvalue weighted by Crippen LogP contribution is -2.01. The molecule has 0 aromatic carbocycles. The Kier molecular flexibility index (Phi) is 6.22. The number of nitrogens with zero attached hydrogens (tertiary/aromatic N) is 6. The first-order valence-corrected chi connectivity index (χ1v) is 13.6. The molecule has 4 heterocycles. The van der Waals surface area contributed by atoms with Gasteiger partial charge in [0.2, 0.25) is 5.78 Å². The zero-order valence-corrected chi connectivity index (χ0v) is 21.0. The Hall–Kier alpha value is -1.26. The molecule has 4 aromatic heterocycles. The van der Waals surface area contributed by atoms with E-state index in [1.807, 2.05) is 41.7 Å². The van der Waals surface area contributed by atoms with Gasteiger partial charge in [-0.15, -0.1) is 31.7 Å². The lowest BCUT2D eigenvalue weighted by Gasteiger charge is -2.10. The van der Waals surface area contributed by atoms with Gasteiger partial charge in [0.05, 0.1) is 5.39 Å². The number of aryl methyl sites for hydroxylation is 2. The maximum absolute atomic E-state index is 6.02. The first-order chi connectivity index (χ1) is 15.0. The molecule has 1 aliphatic carbocycles. The molecule has 0 amide bonds. The standard InChI is InChI=1S/C20H20Cl2N6S3/c1-11(21)7-9-29-19-25-23-16-15-13-5-3-4-6-14(13)31-17(15)28-18(27(16)19)24-26-20(28)30-10-8-12(2)22/h7-8H,3-6,9-10H2,1-2H3/b11-7-,12-8-. The maximum atomic E-state index is 6.02. The zero-order chi connectivity index (χ0) is 21.5. The Morgan fingerprint density at radius 1 is 0.935 bits per heavy atom. The minimum atomic E-state index is 0.720. The van der Waals surface area contributed by atoms with Crippen molar-refractivity contribution in [1.29, 1.82) is 0 Å². The van der Waals surface area contributed by atoms with E-state index in [4.69, 9.17) is 23.2 Å². The van der Waals surface area contributed by atoms with Crippen molar-refractivity contribution >= 4 is 79.7 Å². The van der Waals surface area contributed by atoms with E-state index in [9.17, 15) is 0 Å². The van der Waals surface area contributed by atoms with Gasteiger partial charge in [0.15, 0.2) is 16.0 Å². The molecule has 0 saturated carbocycles. The van der Waals surface area contributed by atoms with Crippen LogP contribution in [0.5, 0.6) is 0 Å². The van der Waals surface area contributed by atoms with Crippen molar-refractivity contribution in [2.45, 2.75) is 49.8 Å². The van der Waals surface area contributed by atoms with Gasteiger partial charge in [-0.25, -0.2) is 8.80 Å². The van der Waals surface area contributed by atoms with E-state index in [0.29, 0.717) is 0 Å². The van der Waals surface area contributed by atoms with Crippen LogP contribution in [0.1, 0.15) is 37.1 Å². The second-order valence-corrected chi connectivity index (χ2v) is 11.6. The summed E-state index contributed by atoms with van der Waals surface area (Å²) in [6, 6.07) is 0. The summed E-state index contributed by atoms with van der Waals surface area (Å²) in [7, 11) is 0. The van der Waals surface area contributed by atoms with Gasteiger partial charge in [-0.3, -0.25) is 0 Å². The van der Waals surface area contributed by atoms with Crippen LogP contribution in [0.2, 0.25) is 0 Å². The van der Waals surface area contributed by atoms with Gasteiger partial charge in [0.1, 0.15) is 4.83 Å². The number of allylic oxidation sites excluding steroid dienone is 2. The van der Waals surface area contributed by atoms with Crippen molar-refractivity contribution in [3.05, 3.63) is 32.7 Å². The lowest BCUT2D eigenvalue weighted by molar-refractivity contribution is 0.700. The van der Waals surface area contributed by atoms with Crippen molar-refractivity contribution < 1.29 is 0 Å². The summed E-state index contributed by atoms with van der Waals surface area (Å²) in [5, 5.41) is 22.6. The second-order valence-electron chi connectivity index (χ2n) is 7.35. The average Bonchev–Trinajstić information content (AvgIpc) is 3.42. The predicted molar refractivity (Wildman–Crippen MR) is 132 cm³/mol. The third-order valence-electron chi connectivity index (χ3n) is 5.18. The predicted octanol–water partition coefficient (Wildman–Crippen LogP) is 6.33. The highest BCUT2D eigenvalue weighted by molar-refractivity contribution is 7.99. The smallest absolute Gasteiger partial charge is 0.245 e. The summed E-state index contributed by atoms with van der Waals surface area (Å²) >= 11 is 17.1. The zero-order valence-electron chi connectivity index (χ0n) is 17.1. The molecule has 0 saturated heterocycles. The fourth-order valence-corrected chi connectivity index (χ4v) is 7.32. The van der Waals surface area contributed by atoms with Crippen LogP contribution in [0.4, 0.5) is 0 Å². The van der Waals surface area contributed by atoms with Crippen molar-refractivity contribution in [3.8, 4) is 0 Å². The summed E-state index contributed by atoms with van der Waals surface area (Å²) < 4.78 is 4.22. The minimum Gasteiger partial charge on any atom is -0.245 e.